The Balaban J connectivity index is 1.37. The van der Waals surface area contributed by atoms with Gasteiger partial charge in [0.25, 0.3) is 5.91 Å². The summed E-state index contributed by atoms with van der Waals surface area (Å²) < 4.78 is 8.17. The van der Waals surface area contributed by atoms with E-state index in [1.807, 2.05) is 29.6 Å². The molecule has 180 valence electrons. The number of hydrogen-bond acceptors (Lipinski definition) is 7. The summed E-state index contributed by atoms with van der Waals surface area (Å²) in [5.74, 6) is 2.38. The third kappa shape index (κ3) is 5.26. The average molecular weight is 490 g/mol. The van der Waals surface area contributed by atoms with E-state index in [0.29, 0.717) is 37.7 Å². The molecule has 0 aliphatic carbocycles. The van der Waals surface area contributed by atoms with E-state index < -0.39 is 0 Å². The van der Waals surface area contributed by atoms with Crippen LogP contribution in [0.25, 0.3) is 11.0 Å². The van der Waals surface area contributed by atoms with E-state index in [1.54, 1.807) is 36.7 Å². The zero-order chi connectivity index (χ0) is 24.2. The topological polar surface area (TPSA) is 106 Å². The van der Waals surface area contributed by atoms with Gasteiger partial charge in [0, 0.05) is 45.3 Å². The number of carbonyl (C=O) groups excluding carboxylic acids is 1. The van der Waals surface area contributed by atoms with E-state index in [9.17, 15) is 4.79 Å². The van der Waals surface area contributed by atoms with Crippen molar-refractivity contribution in [3.05, 3.63) is 66.0 Å². The largest absolute Gasteiger partial charge is 0.456 e. The molecule has 10 heteroatoms. The summed E-state index contributed by atoms with van der Waals surface area (Å²) in [6, 6.07) is 12.9. The number of pyridine rings is 2. The normalized spacial score (nSPS) is 16.0. The number of anilines is 2. The molecule has 1 fully saturated rings. The number of aromatic nitrogens is 4. The second-order valence-electron chi connectivity index (χ2n) is 8.48. The van der Waals surface area contributed by atoms with Crippen LogP contribution in [0.1, 0.15) is 28.8 Å². The number of aryl methyl sites for hydroxylation is 1. The van der Waals surface area contributed by atoms with Crippen LogP contribution >= 0.6 is 8.73 Å². The highest BCUT2D eigenvalue weighted by molar-refractivity contribution is 7.35. The minimum Gasteiger partial charge on any atom is -0.456 e. The molecule has 1 saturated heterocycles. The maximum atomic E-state index is 12.6. The van der Waals surface area contributed by atoms with Crippen molar-refractivity contribution in [2.24, 2.45) is 0 Å². The van der Waals surface area contributed by atoms with Crippen LogP contribution in [0.3, 0.4) is 0 Å². The van der Waals surface area contributed by atoms with Crippen molar-refractivity contribution < 1.29 is 9.53 Å². The maximum absolute atomic E-state index is 12.6. The summed E-state index contributed by atoms with van der Waals surface area (Å²) in [5, 5.41) is 15.5. The van der Waals surface area contributed by atoms with Gasteiger partial charge in [-0.05, 0) is 74.9 Å². The quantitative estimate of drug-likeness (QED) is 0.330. The number of amides is 1. The zero-order valence-corrected chi connectivity index (χ0v) is 20.7. The Morgan fingerprint density at radius 1 is 1.17 bits per heavy atom. The summed E-state index contributed by atoms with van der Waals surface area (Å²) >= 11 is 0. The molecule has 0 radical (unpaired) electrons. The van der Waals surface area contributed by atoms with Crippen LogP contribution in [0, 0.1) is 6.92 Å². The smallest absolute Gasteiger partial charge is 0.256 e. The second kappa shape index (κ2) is 10.4. The van der Waals surface area contributed by atoms with Crippen LogP contribution in [0.15, 0.2) is 54.9 Å². The molecule has 1 aromatic carbocycles. The van der Waals surface area contributed by atoms with Crippen molar-refractivity contribution >= 4 is 37.3 Å². The Morgan fingerprint density at radius 2 is 2.00 bits per heavy atom. The fraction of sp³-hybridized carbons (Fsp3) is 0.280. The van der Waals surface area contributed by atoms with E-state index in [1.165, 1.54) is 0 Å². The van der Waals surface area contributed by atoms with Crippen LogP contribution in [-0.4, -0.2) is 51.2 Å². The van der Waals surface area contributed by atoms with Crippen LogP contribution in [0.4, 0.5) is 11.6 Å². The van der Waals surface area contributed by atoms with Gasteiger partial charge in [-0.2, -0.15) is 0 Å². The van der Waals surface area contributed by atoms with Crippen molar-refractivity contribution in [2.75, 3.05) is 30.4 Å². The molecule has 0 saturated carbocycles. The Hall–Kier alpha value is -3.55. The van der Waals surface area contributed by atoms with Gasteiger partial charge >= 0.3 is 0 Å². The molecule has 1 aliphatic heterocycles. The van der Waals surface area contributed by atoms with Gasteiger partial charge in [0.2, 0.25) is 0 Å². The summed E-state index contributed by atoms with van der Waals surface area (Å²) in [4.78, 5) is 21.4. The van der Waals surface area contributed by atoms with Crippen LogP contribution in [-0.2, 0) is 0 Å². The molecule has 4 heterocycles. The van der Waals surface area contributed by atoms with E-state index in [4.69, 9.17) is 9.84 Å². The molecular formula is C25H28N7O2P. The minimum absolute atomic E-state index is 0.223. The molecular weight excluding hydrogens is 461 g/mol. The summed E-state index contributed by atoms with van der Waals surface area (Å²) in [6.45, 7) is 5.98. The molecule has 1 amide bonds. The monoisotopic (exact) mass is 489 g/mol. The zero-order valence-electron chi connectivity index (χ0n) is 19.7. The predicted octanol–water partition coefficient (Wildman–Crippen LogP) is 4.41. The van der Waals surface area contributed by atoms with Crippen LogP contribution < -0.4 is 20.7 Å². The first-order valence-electron chi connectivity index (χ1n) is 11.7. The van der Waals surface area contributed by atoms with Gasteiger partial charge in [0.15, 0.2) is 11.5 Å². The number of hydrogen-bond donors (Lipinski definition) is 3. The Labute approximate surface area is 205 Å². The first-order valence-corrected chi connectivity index (χ1v) is 13.1. The van der Waals surface area contributed by atoms with Crippen molar-refractivity contribution in [2.45, 2.75) is 25.8 Å². The van der Waals surface area contributed by atoms with E-state index in [2.05, 4.69) is 32.6 Å². The van der Waals surface area contributed by atoms with Crippen LogP contribution in [0.2, 0.25) is 0 Å². The highest BCUT2D eigenvalue weighted by atomic mass is 31.1. The lowest BCUT2D eigenvalue weighted by Crippen LogP contribution is -2.38. The first kappa shape index (κ1) is 23.2. The summed E-state index contributed by atoms with van der Waals surface area (Å²) in [6.07, 6.45) is 5.63. The number of carbonyl (C=O) groups is 1. The molecule has 3 aromatic heterocycles. The van der Waals surface area contributed by atoms with Crippen molar-refractivity contribution in [3.8, 4) is 11.5 Å². The van der Waals surface area contributed by atoms with Crippen molar-refractivity contribution in [3.63, 3.8) is 0 Å². The number of ether oxygens (including phenoxy) is 1. The third-order valence-electron chi connectivity index (χ3n) is 5.88. The lowest BCUT2D eigenvalue weighted by Gasteiger charge is -2.23. The molecule has 0 spiro atoms. The molecule has 35 heavy (non-hydrogen) atoms. The molecule has 2 atom stereocenters. The average Bonchev–Trinajstić information content (AvgIpc) is 3.23. The fourth-order valence-corrected chi connectivity index (χ4v) is 4.70. The fourth-order valence-electron chi connectivity index (χ4n) is 4.12. The van der Waals surface area contributed by atoms with Gasteiger partial charge in [-0.3, -0.25) is 4.79 Å². The Morgan fingerprint density at radius 3 is 2.74 bits per heavy atom. The number of benzene rings is 1. The molecule has 5 rings (SSSR count). The van der Waals surface area contributed by atoms with E-state index in [-0.39, 0.29) is 5.91 Å². The lowest BCUT2D eigenvalue weighted by molar-refractivity contribution is 0.102. The minimum atomic E-state index is -0.223. The van der Waals surface area contributed by atoms with E-state index >= 15 is 0 Å². The van der Waals surface area contributed by atoms with Gasteiger partial charge in [-0.15, -0.1) is 5.10 Å². The number of fused-ring (bicyclic) bond motifs is 1. The number of nitrogens with zero attached hydrogens (tertiary/aromatic N) is 4. The lowest BCUT2D eigenvalue weighted by atomic mass is 10.1. The Kier molecular flexibility index (Phi) is 6.88. The highest BCUT2D eigenvalue weighted by Gasteiger charge is 2.21. The number of piperidine rings is 1. The van der Waals surface area contributed by atoms with Gasteiger partial charge in [0.1, 0.15) is 22.7 Å². The van der Waals surface area contributed by atoms with Gasteiger partial charge in [0.05, 0.1) is 0 Å². The number of rotatable bonds is 7. The molecule has 1 aliphatic rings. The SMILES string of the molecule is CPn1nc(N[C@@H]2CCCNC2)c2c(Oc3ccc(C(=O)Nc4cc(C)ccn4)cc3)ccnc21. The predicted molar refractivity (Wildman–Crippen MR) is 140 cm³/mol. The second-order valence-corrected chi connectivity index (χ2v) is 9.35. The van der Waals surface area contributed by atoms with Crippen LogP contribution in [0.5, 0.6) is 11.5 Å². The summed E-state index contributed by atoms with van der Waals surface area (Å²) in [5.41, 5.74) is 2.34. The number of nitrogens with one attached hydrogen (secondary N) is 3. The molecule has 4 aromatic rings. The molecule has 0 bridgehead atoms. The Bertz CT molecular complexity index is 1330. The maximum Gasteiger partial charge on any atom is 0.256 e. The van der Waals surface area contributed by atoms with Gasteiger partial charge in [-0.25, -0.2) is 14.4 Å². The van der Waals surface area contributed by atoms with Gasteiger partial charge < -0.3 is 20.7 Å². The highest BCUT2D eigenvalue weighted by Crippen LogP contribution is 2.36. The van der Waals surface area contributed by atoms with Gasteiger partial charge in [-0.1, -0.05) is 0 Å². The third-order valence-corrected chi connectivity index (χ3v) is 6.62. The summed E-state index contributed by atoms with van der Waals surface area (Å²) in [7, 11) is 0.446. The molecule has 9 nitrogen and oxygen atoms in total. The van der Waals surface area contributed by atoms with E-state index in [0.717, 1.165) is 48.3 Å². The molecule has 3 N–H and O–H groups in total. The first-order chi connectivity index (χ1) is 17.1. The van der Waals surface area contributed by atoms with Crippen molar-refractivity contribution in [1.82, 2.24) is 24.8 Å². The van der Waals surface area contributed by atoms with Crippen molar-refractivity contribution in [1.29, 1.82) is 0 Å². The standard InChI is InChI=1S/C25H28N7O2P/c1-16-9-12-27-21(14-16)30-25(33)17-5-7-19(8-6-17)34-20-10-13-28-24-22(20)23(31-32(24)35-2)29-18-4-3-11-26-15-18/h5-10,12-14,18,26,35H,3-4,11,15H2,1-2H3,(H,29,31)(H,27,30,33)/t18-/m1/s1. The molecule has 1 unspecified atom stereocenters.